The first-order valence-electron chi connectivity index (χ1n) is 10.7. The van der Waals surface area contributed by atoms with Crippen LogP contribution in [0.1, 0.15) is 29.5 Å². The number of allylic oxidation sites excluding steroid dienone is 2. The average molecular weight is 447 g/mol. The number of benzene rings is 3. The first-order valence-corrected chi connectivity index (χ1v) is 12.2. The Kier molecular flexibility index (Phi) is 5.18. The van der Waals surface area contributed by atoms with Crippen molar-refractivity contribution in [2.75, 3.05) is 23.8 Å². The molecule has 3 atom stereocenters. The molecule has 0 saturated carbocycles. The fourth-order valence-corrected chi connectivity index (χ4v) is 6.04. The number of hydrogen-bond donors (Lipinski definition) is 1. The highest BCUT2D eigenvalue weighted by atomic mass is 32.2. The molecule has 0 aromatic heterocycles. The molecule has 0 spiro atoms. The Morgan fingerprint density at radius 1 is 1.00 bits per heavy atom. The van der Waals surface area contributed by atoms with E-state index >= 15 is 0 Å². The molecule has 0 bridgehead atoms. The van der Waals surface area contributed by atoms with Gasteiger partial charge in [0.15, 0.2) is 0 Å². The summed E-state index contributed by atoms with van der Waals surface area (Å²) in [6.45, 7) is 0. The van der Waals surface area contributed by atoms with Crippen molar-refractivity contribution in [2.45, 2.75) is 23.3 Å². The molecule has 5 nitrogen and oxygen atoms in total. The maximum Gasteiger partial charge on any atom is 0.264 e. The van der Waals surface area contributed by atoms with E-state index in [2.05, 4.69) is 29.6 Å². The maximum absolute atomic E-state index is 13.3. The number of methoxy groups -OCH3 is 1. The fourth-order valence-electron chi connectivity index (χ4n) is 4.81. The normalized spacial score (nSPS) is 21.4. The van der Waals surface area contributed by atoms with Crippen LogP contribution in [0.2, 0.25) is 0 Å². The van der Waals surface area contributed by atoms with E-state index in [1.165, 1.54) is 9.87 Å². The molecule has 3 aromatic carbocycles. The summed E-state index contributed by atoms with van der Waals surface area (Å²) >= 11 is 0. The molecule has 6 heteroatoms. The molecule has 0 fully saturated rings. The summed E-state index contributed by atoms with van der Waals surface area (Å²) in [6, 6.07) is 22.9. The SMILES string of the molecule is COc1ccc(C2Nc3ccc(S(=O)(=O)N(C)c4ccccc4)cc3C3C=CCC32)cc1. The first kappa shape index (κ1) is 20.6. The van der Waals surface area contributed by atoms with Gasteiger partial charge in [-0.1, -0.05) is 42.5 Å². The van der Waals surface area contributed by atoms with Crippen molar-refractivity contribution in [1.82, 2.24) is 0 Å². The standard InChI is InChI=1S/C26H26N2O3S/c1-28(19-7-4-3-5-8-19)32(29,30)21-15-16-25-24(17-21)22-9-6-10-23(22)26(27-25)18-11-13-20(31-2)14-12-18/h3-9,11-17,22-23,26-27H,10H2,1-2H3. The van der Waals surface area contributed by atoms with E-state index in [4.69, 9.17) is 4.74 Å². The van der Waals surface area contributed by atoms with Gasteiger partial charge < -0.3 is 10.1 Å². The molecule has 32 heavy (non-hydrogen) atoms. The molecule has 3 aromatic rings. The van der Waals surface area contributed by atoms with Crippen LogP contribution in [0.5, 0.6) is 5.75 Å². The molecule has 1 heterocycles. The lowest BCUT2D eigenvalue weighted by Crippen LogP contribution is -2.30. The Hall–Kier alpha value is -3.25. The summed E-state index contributed by atoms with van der Waals surface area (Å²) in [5.41, 5.74) is 3.87. The van der Waals surface area contributed by atoms with Gasteiger partial charge in [-0.25, -0.2) is 8.42 Å². The third-order valence-electron chi connectivity index (χ3n) is 6.59. The lowest BCUT2D eigenvalue weighted by Gasteiger charge is -2.38. The van der Waals surface area contributed by atoms with Crippen LogP contribution < -0.4 is 14.4 Å². The molecule has 0 amide bonds. The summed E-state index contributed by atoms with van der Waals surface area (Å²) in [6.07, 6.45) is 5.38. The van der Waals surface area contributed by atoms with Crippen molar-refractivity contribution in [2.24, 2.45) is 5.92 Å². The summed E-state index contributed by atoms with van der Waals surface area (Å²) in [7, 11) is -0.394. The molecule has 1 aliphatic heterocycles. The Balaban J connectivity index is 1.50. The molecule has 0 saturated heterocycles. The smallest absolute Gasteiger partial charge is 0.264 e. The van der Waals surface area contributed by atoms with Crippen LogP contribution >= 0.6 is 0 Å². The lowest BCUT2D eigenvalue weighted by atomic mass is 9.77. The number of fused-ring (bicyclic) bond motifs is 3. The van der Waals surface area contributed by atoms with Crippen LogP contribution in [0.3, 0.4) is 0 Å². The molecular weight excluding hydrogens is 420 g/mol. The first-order chi connectivity index (χ1) is 15.5. The van der Waals surface area contributed by atoms with Crippen molar-refractivity contribution >= 4 is 21.4 Å². The maximum atomic E-state index is 13.3. The third-order valence-corrected chi connectivity index (χ3v) is 8.37. The zero-order valence-electron chi connectivity index (χ0n) is 18.1. The van der Waals surface area contributed by atoms with Crippen molar-refractivity contribution < 1.29 is 13.2 Å². The summed E-state index contributed by atoms with van der Waals surface area (Å²) in [4.78, 5) is 0.311. The topological polar surface area (TPSA) is 58.6 Å². The molecule has 1 N–H and O–H groups in total. The van der Waals surface area contributed by atoms with Crippen LogP contribution in [0.25, 0.3) is 0 Å². The van der Waals surface area contributed by atoms with Gasteiger partial charge in [0.2, 0.25) is 0 Å². The molecule has 1 aliphatic carbocycles. The zero-order chi connectivity index (χ0) is 22.3. The Bertz CT molecular complexity index is 1250. The third kappa shape index (κ3) is 3.45. The van der Waals surface area contributed by atoms with Crippen LogP contribution in [-0.4, -0.2) is 22.6 Å². The number of sulfonamides is 1. The average Bonchev–Trinajstić information content (AvgIpc) is 3.34. The number of hydrogen-bond acceptors (Lipinski definition) is 4. The minimum absolute atomic E-state index is 0.155. The second-order valence-corrected chi connectivity index (χ2v) is 10.3. The summed E-state index contributed by atoms with van der Waals surface area (Å²) in [5, 5.41) is 3.67. The highest BCUT2D eigenvalue weighted by molar-refractivity contribution is 7.92. The summed E-state index contributed by atoms with van der Waals surface area (Å²) < 4.78 is 33.3. The molecule has 2 aliphatic rings. The van der Waals surface area contributed by atoms with Crippen LogP contribution in [-0.2, 0) is 10.0 Å². The van der Waals surface area contributed by atoms with Crippen molar-refractivity contribution in [3.05, 3.63) is 96.1 Å². The van der Waals surface area contributed by atoms with Crippen LogP contribution in [0, 0.1) is 5.92 Å². The predicted octanol–water partition coefficient (Wildman–Crippen LogP) is 5.35. The van der Waals surface area contributed by atoms with Gasteiger partial charge in [-0.2, -0.15) is 0 Å². The van der Waals surface area contributed by atoms with Gasteiger partial charge in [0.05, 0.1) is 23.7 Å². The van der Waals surface area contributed by atoms with Gasteiger partial charge in [-0.15, -0.1) is 0 Å². The Labute approximate surface area is 189 Å². The number of nitrogens with one attached hydrogen (secondary N) is 1. The minimum atomic E-state index is -3.66. The monoisotopic (exact) mass is 446 g/mol. The predicted molar refractivity (Wildman–Crippen MR) is 128 cm³/mol. The van der Waals surface area contributed by atoms with Gasteiger partial charge >= 0.3 is 0 Å². The van der Waals surface area contributed by atoms with Crippen molar-refractivity contribution in [3.8, 4) is 5.75 Å². The van der Waals surface area contributed by atoms with E-state index in [9.17, 15) is 8.42 Å². The van der Waals surface area contributed by atoms with E-state index < -0.39 is 10.0 Å². The Morgan fingerprint density at radius 3 is 2.47 bits per heavy atom. The van der Waals surface area contributed by atoms with Crippen molar-refractivity contribution in [3.63, 3.8) is 0 Å². The van der Waals surface area contributed by atoms with Crippen LogP contribution in [0.4, 0.5) is 11.4 Å². The van der Waals surface area contributed by atoms with Gasteiger partial charge in [0.1, 0.15) is 5.75 Å². The summed E-state index contributed by atoms with van der Waals surface area (Å²) in [5.74, 6) is 1.35. The van der Waals surface area contributed by atoms with Gasteiger partial charge in [-0.3, -0.25) is 4.31 Å². The van der Waals surface area contributed by atoms with E-state index in [-0.39, 0.29) is 12.0 Å². The van der Waals surface area contributed by atoms with Crippen molar-refractivity contribution in [1.29, 1.82) is 0 Å². The van der Waals surface area contributed by atoms with E-state index in [0.29, 0.717) is 16.5 Å². The quantitative estimate of drug-likeness (QED) is 0.537. The number of nitrogens with zero attached hydrogens (tertiary/aromatic N) is 1. The number of para-hydroxylation sites is 1. The minimum Gasteiger partial charge on any atom is -0.497 e. The van der Waals surface area contributed by atoms with E-state index in [1.807, 2.05) is 42.5 Å². The highest BCUT2D eigenvalue weighted by Crippen LogP contribution is 2.50. The van der Waals surface area contributed by atoms with Gasteiger partial charge in [-0.05, 0) is 65.9 Å². The molecular formula is C26H26N2O3S. The largest absolute Gasteiger partial charge is 0.497 e. The molecule has 3 unspecified atom stereocenters. The second-order valence-electron chi connectivity index (χ2n) is 8.31. The zero-order valence-corrected chi connectivity index (χ0v) is 18.9. The number of rotatable bonds is 5. The lowest BCUT2D eigenvalue weighted by molar-refractivity contribution is 0.411. The molecule has 164 valence electrons. The van der Waals surface area contributed by atoms with Gasteiger partial charge in [0, 0.05) is 18.7 Å². The van der Waals surface area contributed by atoms with Gasteiger partial charge in [0.25, 0.3) is 10.0 Å². The molecule has 5 rings (SSSR count). The number of anilines is 2. The van der Waals surface area contributed by atoms with E-state index in [0.717, 1.165) is 23.4 Å². The van der Waals surface area contributed by atoms with Crippen LogP contribution in [0.15, 0.2) is 89.8 Å². The van der Waals surface area contributed by atoms with E-state index in [1.54, 1.807) is 32.4 Å². The second kappa shape index (κ2) is 8.02. The number of ether oxygens (including phenoxy) is 1. The fraction of sp³-hybridized carbons (Fsp3) is 0.231. The molecule has 0 radical (unpaired) electrons. The Morgan fingerprint density at radius 2 is 1.75 bits per heavy atom. The highest BCUT2D eigenvalue weighted by Gasteiger charge is 2.38.